The summed E-state index contributed by atoms with van der Waals surface area (Å²) >= 11 is 3.52. The monoisotopic (exact) mass is 292 g/mol. The van der Waals surface area contributed by atoms with Crippen molar-refractivity contribution in [3.05, 3.63) is 0 Å². The number of nitrogens with zero attached hydrogens (tertiary/aromatic N) is 2. The fourth-order valence-corrected chi connectivity index (χ4v) is 2.70. The molecule has 4 heteroatoms. The van der Waals surface area contributed by atoms with E-state index in [1.807, 2.05) is 0 Å². The zero-order chi connectivity index (χ0) is 11.8. The fourth-order valence-electron chi connectivity index (χ4n) is 2.20. The van der Waals surface area contributed by atoms with Crippen LogP contribution in [0.15, 0.2) is 0 Å². The topological polar surface area (TPSA) is 15.7 Å². The summed E-state index contributed by atoms with van der Waals surface area (Å²) in [5, 5.41) is 1.05. The van der Waals surface area contributed by atoms with Crippen molar-refractivity contribution in [3.63, 3.8) is 0 Å². The number of hydrogen-bond donors (Lipinski definition) is 0. The molecule has 0 saturated carbocycles. The van der Waals surface area contributed by atoms with Gasteiger partial charge in [-0.3, -0.25) is 9.80 Å². The van der Waals surface area contributed by atoms with Gasteiger partial charge in [-0.1, -0.05) is 29.8 Å². The summed E-state index contributed by atoms with van der Waals surface area (Å²) in [6.45, 7) is 12.1. The summed E-state index contributed by atoms with van der Waals surface area (Å²) in [4.78, 5) is 4.98. The first-order valence-electron chi connectivity index (χ1n) is 6.42. The van der Waals surface area contributed by atoms with Gasteiger partial charge in [-0.05, 0) is 19.5 Å². The van der Waals surface area contributed by atoms with Gasteiger partial charge >= 0.3 is 0 Å². The number of ether oxygens (including phenoxy) is 1. The van der Waals surface area contributed by atoms with Crippen LogP contribution < -0.4 is 0 Å². The van der Waals surface area contributed by atoms with Gasteiger partial charge in [0.05, 0.1) is 12.7 Å². The predicted molar refractivity (Wildman–Crippen MR) is 72.4 cm³/mol. The van der Waals surface area contributed by atoms with Gasteiger partial charge in [-0.15, -0.1) is 0 Å². The minimum absolute atomic E-state index is 0.402. The van der Waals surface area contributed by atoms with Crippen LogP contribution in [0.4, 0.5) is 0 Å². The second-order valence-electron chi connectivity index (χ2n) is 4.38. The highest BCUT2D eigenvalue weighted by Crippen LogP contribution is 2.07. The number of alkyl halides is 1. The van der Waals surface area contributed by atoms with Crippen LogP contribution in [0.1, 0.15) is 20.3 Å². The van der Waals surface area contributed by atoms with E-state index in [1.165, 1.54) is 13.0 Å². The van der Waals surface area contributed by atoms with E-state index in [1.54, 1.807) is 0 Å². The van der Waals surface area contributed by atoms with E-state index in [0.29, 0.717) is 6.10 Å². The Bertz CT molecular complexity index is 174. The van der Waals surface area contributed by atoms with Crippen LogP contribution in [-0.4, -0.2) is 67.1 Å². The van der Waals surface area contributed by atoms with Crippen LogP contribution >= 0.6 is 15.9 Å². The second-order valence-corrected chi connectivity index (χ2v) is 5.17. The molecule has 16 heavy (non-hydrogen) atoms. The Hall–Kier alpha value is 0.360. The quantitative estimate of drug-likeness (QED) is 0.666. The van der Waals surface area contributed by atoms with E-state index < -0.39 is 0 Å². The molecule has 3 nitrogen and oxygen atoms in total. The Labute approximate surface area is 108 Å². The third-order valence-corrected chi connectivity index (χ3v) is 3.43. The lowest BCUT2D eigenvalue weighted by Crippen LogP contribution is -2.47. The summed E-state index contributed by atoms with van der Waals surface area (Å²) in [7, 11) is 0. The SMILES string of the molecule is CCCN(CCBr)CC1CN(CC)CCO1. The zero-order valence-electron chi connectivity index (χ0n) is 10.6. The lowest BCUT2D eigenvalue weighted by Gasteiger charge is -2.35. The van der Waals surface area contributed by atoms with Gasteiger partial charge in [-0.25, -0.2) is 0 Å². The summed E-state index contributed by atoms with van der Waals surface area (Å²) < 4.78 is 5.83. The molecule has 0 bridgehead atoms. The predicted octanol–water partition coefficient (Wildman–Crippen LogP) is 1.81. The first-order chi connectivity index (χ1) is 7.80. The van der Waals surface area contributed by atoms with Crippen LogP contribution in [0.3, 0.4) is 0 Å². The molecule has 1 rings (SSSR count). The van der Waals surface area contributed by atoms with Crippen molar-refractivity contribution >= 4 is 15.9 Å². The molecule has 96 valence electrons. The summed E-state index contributed by atoms with van der Waals surface area (Å²) in [6, 6.07) is 0. The average molecular weight is 293 g/mol. The number of likely N-dealkylation sites (N-methyl/N-ethyl adjacent to an activating group) is 1. The van der Waals surface area contributed by atoms with Gasteiger partial charge < -0.3 is 4.74 Å². The molecule has 1 heterocycles. The Morgan fingerprint density at radius 1 is 1.38 bits per heavy atom. The molecular weight excluding hydrogens is 268 g/mol. The highest BCUT2D eigenvalue weighted by molar-refractivity contribution is 9.09. The number of halogens is 1. The molecule has 0 spiro atoms. The molecule has 0 radical (unpaired) electrons. The van der Waals surface area contributed by atoms with E-state index in [-0.39, 0.29) is 0 Å². The van der Waals surface area contributed by atoms with Crippen LogP contribution in [0.5, 0.6) is 0 Å². The molecule has 0 aromatic carbocycles. The summed E-state index contributed by atoms with van der Waals surface area (Å²) in [5.74, 6) is 0. The molecule has 1 saturated heterocycles. The van der Waals surface area contributed by atoms with Crippen molar-refractivity contribution in [3.8, 4) is 0 Å². The van der Waals surface area contributed by atoms with Crippen LogP contribution in [0.2, 0.25) is 0 Å². The van der Waals surface area contributed by atoms with Crippen molar-refractivity contribution in [2.75, 3.05) is 51.2 Å². The van der Waals surface area contributed by atoms with Crippen molar-refractivity contribution in [1.82, 2.24) is 9.80 Å². The highest BCUT2D eigenvalue weighted by Gasteiger charge is 2.21. The van der Waals surface area contributed by atoms with Crippen molar-refractivity contribution in [2.45, 2.75) is 26.4 Å². The van der Waals surface area contributed by atoms with E-state index >= 15 is 0 Å². The molecule has 0 aromatic rings. The first-order valence-corrected chi connectivity index (χ1v) is 7.54. The van der Waals surface area contributed by atoms with E-state index in [2.05, 4.69) is 39.6 Å². The molecule has 1 fully saturated rings. The number of hydrogen-bond acceptors (Lipinski definition) is 3. The van der Waals surface area contributed by atoms with Gasteiger partial charge in [0.25, 0.3) is 0 Å². The van der Waals surface area contributed by atoms with E-state index in [4.69, 9.17) is 4.74 Å². The molecule has 1 unspecified atom stereocenters. The number of rotatable bonds is 7. The molecule has 0 amide bonds. The maximum absolute atomic E-state index is 5.83. The van der Waals surface area contributed by atoms with E-state index in [0.717, 1.165) is 44.7 Å². The lowest BCUT2D eigenvalue weighted by atomic mass is 10.2. The lowest BCUT2D eigenvalue weighted by molar-refractivity contribution is -0.0410. The third-order valence-electron chi connectivity index (χ3n) is 3.07. The van der Waals surface area contributed by atoms with Crippen molar-refractivity contribution in [2.24, 2.45) is 0 Å². The Morgan fingerprint density at radius 3 is 2.81 bits per heavy atom. The van der Waals surface area contributed by atoms with Crippen LogP contribution in [-0.2, 0) is 4.74 Å². The molecule has 1 aliphatic rings. The average Bonchev–Trinajstić information content (AvgIpc) is 2.30. The normalized spacial score (nSPS) is 22.9. The van der Waals surface area contributed by atoms with Gasteiger partial charge in [0, 0.05) is 31.5 Å². The summed E-state index contributed by atoms with van der Waals surface area (Å²) in [6.07, 6.45) is 1.62. The van der Waals surface area contributed by atoms with Crippen LogP contribution in [0.25, 0.3) is 0 Å². The molecule has 0 aromatic heterocycles. The largest absolute Gasteiger partial charge is 0.374 e. The highest BCUT2D eigenvalue weighted by atomic mass is 79.9. The summed E-state index contributed by atoms with van der Waals surface area (Å²) in [5.41, 5.74) is 0. The smallest absolute Gasteiger partial charge is 0.0829 e. The van der Waals surface area contributed by atoms with Crippen molar-refractivity contribution < 1.29 is 4.74 Å². The van der Waals surface area contributed by atoms with Crippen molar-refractivity contribution in [1.29, 1.82) is 0 Å². The van der Waals surface area contributed by atoms with Gasteiger partial charge in [0.1, 0.15) is 0 Å². The maximum atomic E-state index is 5.83. The van der Waals surface area contributed by atoms with Crippen LogP contribution in [0, 0.1) is 0 Å². The van der Waals surface area contributed by atoms with Gasteiger partial charge in [0.15, 0.2) is 0 Å². The Morgan fingerprint density at radius 2 is 2.19 bits per heavy atom. The zero-order valence-corrected chi connectivity index (χ0v) is 12.2. The molecule has 1 aliphatic heterocycles. The molecular formula is C12H25BrN2O. The minimum Gasteiger partial charge on any atom is -0.374 e. The Balaban J connectivity index is 2.31. The number of morpholine rings is 1. The van der Waals surface area contributed by atoms with E-state index in [9.17, 15) is 0 Å². The van der Waals surface area contributed by atoms with Gasteiger partial charge in [0.2, 0.25) is 0 Å². The molecule has 1 atom stereocenters. The maximum Gasteiger partial charge on any atom is 0.0829 e. The standard InChI is InChI=1S/C12H25BrN2O/c1-3-6-15(7-5-13)11-12-10-14(4-2)8-9-16-12/h12H,3-11H2,1-2H3. The fraction of sp³-hybridized carbons (Fsp3) is 1.00. The third kappa shape index (κ3) is 5.13. The second kappa shape index (κ2) is 8.45. The Kier molecular flexibility index (Phi) is 7.62. The van der Waals surface area contributed by atoms with Gasteiger partial charge in [-0.2, -0.15) is 0 Å². The molecule has 0 aliphatic carbocycles. The molecule has 0 N–H and O–H groups in total. The first kappa shape index (κ1) is 14.4. The minimum atomic E-state index is 0.402.